The van der Waals surface area contributed by atoms with Crippen LogP contribution in [0.4, 0.5) is 0 Å². The Bertz CT molecular complexity index is 1040. The fourth-order valence-electron chi connectivity index (χ4n) is 4.74. The molecule has 2 aromatic rings. The van der Waals surface area contributed by atoms with Crippen LogP contribution in [0, 0.1) is 5.41 Å². The van der Waals surface area contributed by atoms with Crippen LogP contribution in [0.25, 0.3) is 11.0 Å². The highest BCUT2D eigenvalue weighted by Gasteiger charge is 2.75. The van der Waals surface area contributed by atoms with Crippen molar-refractivity contribution in [2.75, 3.05) is 13.2 Å². The van der Waals surface area contributed by atoms with Gasteiger partial charge in [-0.1, -0.05) is 12.1 Å². The number of para-hydroxylation sites is 2. The number of carbonyl (C=O) groups excluding carboxylic acids is 2. The van der Waals surface area contributed by atoms with Gasteiger partial charge >= 0.3 is 5.97 Å². The zero-order valence-corrected chi connectivity index (χ0v) is 16.9. The van der Waals surface area contributed by atoms with Crippen molar-refractivity contribution in [2.24, 2.45) is 5.41 Å². The lowest BCUT2D eigenvalue weighted by Gasteiger charge is -2.44. The van der Waals surface area contributed by atoms with Gasteiger partial charge in [0.05, 0.1) is 35.0 Å². The first kappa shape index (κ1) is 19.6. The van der Waals surface area contributed by atoms with E-state index in [4.69, 9.17) is 9.47 Å². The summed E-state index contributed by atoms with van der Waals surface area (Å²) < 4.78 is 12.8. The molecule has 154 valence electrons. The number of ether oxygens (including phenoxy) is 2. The predicted molar refractivity (Wildman–Crippen MR) is 105 cm³/mol. The Morgan fingerprint density at radius 2 is 2.00 bits per heavy atom. The SMILES string of the molecule is CCOC(=O)C12CC(CNC(=O)Cn3c(=O)cnc4ccccc43)(C1)OC2(C)C. The van der Waals surface area contributed by atoms with Crippen molar-refractivity contribution in [3.63, 3.8) is 0 Å². The highest BCUT2D eigenvalue weighted by atomic mass is 16.6. The van der Waals surface area contributed by atoms with Crippen LogP contribution in [0.3, 0.4) is 0 Å². The van der Waals surface area contributed by atoms with Gasteiger partial charge in [-0.3, -0.25) is 19.0 Å². The van der Waals surface area contributed by atoms with Crippen LogP contribution in [-0.2, 0) is 25.6 Å². The van der Waals surface area contributed by atoms with Crippen molar-refractivity contribution in [3.05, 3.63) is 40.8 Å². The van der Waals surface area contributed by atoms with E-state index < -0.39 is 16.6 Å². The molecule has 3 fully saturated rings. The Labute approximate surface area is 168 Å². The first-order valence-corrected chi connectivity index (χ1v) is 9.81. The minimum Gasteiger partial charge on any atom is -0.465 e. The van der Waals surface area contributed by atoms with Crippen molar-refractivity contribution >= 4 is 22.9 Å². The molecule has 1 saturated carbocycles. The van der Waals surface area contributed by atoms with E-state index in [9.17, 15) is 14.4 Å². The van der Waals surface area contributed by atoms with Crippen LogP contribution in [-0.4, -0.2) is 45.8 Å². The maximum Gasteiger partial charge on any atom is 0.315 e. The van der Waals surface area contributed by atoms with E-state index in [1.165, 1.54) is 10.8 Å². The summed E-state index contributed by atoms with van der Waals surface area (Å²) in [6.45, 7) is 6.08. The smallest absolute Gasteiger partial charge is 0.315 e. The molecule has 2 aliphatic heterocycles. The van der Waals surface area contributed by atoms with E-state index in [0.29, 0.717) is 30.5 Å². The molecule has 29 heavy (non-hydrogen) atoms. The third-order valence-electron chi connectivity index (χ3n) is 6.20. The Morgan fingerprint density at radius 1 is 1.28 bits per heavy atom. The van der Waals surface area contributed by atoms with Crippen LogP contribution < -0.4 is 10.9 Å². The number of fused-ring (bicyclic) bond motifs is 2. The third-order valence-corrected chi connectivity index (χ3v) is 6.20. The zero-order chi connectivity index (χ0) is 20.9. The Kier molecular flexibility index (Phi) is 4.49. The monoisotopic (exact) mass is 399 g/mol. The maximum absolute atomic E-state index is 12.6. The van der Waals surface area contributed by atoms with E-state index in [-0.39, 0.29) is 30.5 Å². The van der Waals surface area contributed by atoms with Gasteiger partial charge in [0.15, 0.2) is 0 Å². The van der Waals surface area contributed by atoms with Gasteiger partial charge < -0.3 is 14.8 Å². The lowest BCUT2D eigenvalue weighted by atomic mass is 9.56. The summed E-state index contributed by atoms with van der Waals surface area (Å²) in [6, 6.07) is 7.18. The second-order valence-corrected chi connectivity index (χ2v) is 8.40. The number of benzene rings is 1. The molecular formula is C21H25N3O5. The zero-order valence-electron chi connectivity index (χ0n) is 16.9. The van der Waals surface area contributed by atoms with Crippen molar-refractivity contribution in [2.45, 2.75) is 51.4 Å². The molecular weight excluding hydrogens is 374 g/mol. The van der Waals surface area contributed by atoms with Gasteiger partial charge in [-0.2, -0.15) is 0 Å². The first-order valence-electron chi connectivity index (χ1n) is 9.81. The van der Waals surface area contributed by atoms with Gasteiger partial charge in [0, 0.05) is 6.54 Å². The van der Waals surface area contributed by atoms with Crippen molar-refractivity contribution in [1.29, 1.82) is 0 Å². The van der Waals surface area contributed by atoms with Crippen molar-refractivity contribution in [1.82, 2.24) is 14.9 Å². The normalized spacial score (nSPS) is 26.7. The fraction of sp³-hybridized carbons (Fsp3) is 0.524. The van der Waals surface area contributed by atoms with Crippen LogP contribution in [0.1, 0.15) is 33.6 Å². The van der Waals surface area contributed by atoms with Crippen LogP contribution in [0.2, 0.25) is 0 Å². The van der Waals surface area contributed by atoms with Crippen LogP contribution >= 0.6 is 0 Å². The molecule has 0 atom stereocenters. The van der Waals surface area contributed by atoms with Gasteiger partial charge in [0.25, 0.3) is 5.56 Å². The third kappa shape index (κ3) is 3.02. The summed E-state index contributed by atoms with van der Waals surface area (Å²) in [7, 11) is 0. The summed E-state index contributed by atoms with van der Waals surface area (Å²) in [5.74, 6) is -0.529. The molecule has 1 amide bonds. The first-order chi connectivity index (χ1) is 13.7. The lowest BCUT2D eigenvalue weighted by Crippen LogP contribution is -2.57. The largest absolute Gasteiger partial charge is 0.465 e. The fourth-order valence-corrected chi connectivity index (χ4v) is 4.74. The van der Waals surface area contributed by atoms with E-state index in [2.05, 4.69) is 10.3 Å². The number of hydrogen-bond donors (Lipinski definition) is 1. The summed E-state index contributed by atoms with van der Waals surface area (Å²) in [6.07, 6.45) is 2.25. The standard InChI is InChI=1S/C21H25N3O5/c1-4-28-18(27)21-11-20(12-21,29-19(21,2)3)13-23-16(25)10-24-15-8-6-5-7-14(15)22-9-17(24)26/h5-9H,4,10-13H2,1-3H3,(H,23,25). The average molecular weight is 399 g/mol. The summed E-state index contributed by atoms with van der Waals surface area (Å²) >= 11 is 0. The predicted octanol–water partition coefficient (Wildman–Crippen LogP) is 1.40. The molecule has 2 bridgehead atoms. The number of hydrogen-bond acceptors (Lipinski definition) is 6. The minimum absolute atomic E-state index is 0.107. The number of esters is 1. The number of carbonyl (C=O) groups is 2. The molecule has 8 heteroatoms. The van der Waals surface area contributed by atoms with Crippen molar-refractivity contribution in [3.8, 4) is 0 Å². The second-order valence-electron chi connectivity index (χ2n) is 8.40. The van der Waals surface area contributed by atoms with Crippen LogP contribution in [0.5, 0.6) is 0 Å². The van der Waals surface area contributed by atoms with Gasteiger partial charge in [0.1, 0.15) is 12.0 Å². The number of aromatic nitrogens is 2. The minimum atomic E-state index is -0.661. The molecule has 8 nitrogen and oxygen atoms in total. The van der Waals surface area contributed by atoms with Gasteiger partial charge in [-0.05, 0) is 45.7 Å². The Balaban J connectivity index is 1.44. The topological polar surface area (TPSA) is 99.5 Å². The van der Waals surface area contributed by atoms with Crippen molar-refractivity contribution < 1.29 is 19.1 Å². The number of nitrogens with zero attached hydrogens (tertiary/aromatic N) is 2. The van der Waals surface area contributed by atoms with Gasteiger partial charge in [-0.15, -0.1) is 0 Å². The highest BCUT2D eigenvalue weighted by molar-refractivity contribution is 5.82. The number of amides is 1. The molecule has 1 N–H and O–H groups in total. The number of nitrogens with one attached hydrogen (secondary N) is 1. The Morgan fingerprint density at radius 3 is 2.72 bits per heavy atom. The Hall–Kier alpha value is -2.74. The van der Waals surface area contributed by atoms with E-state index in [0.717, 1.165) is 0 Å². The van der Waals surface area contributed by atoms with E-state index in [1.807, 2.05) is 19.9 Å². The quantitative estimate of drug-likeness (QED) is 0.737. The highest BCUT2D eigenvalue weighted by Crippen LogP contribution is 2.66. The molecule has 5 rings (SSSR count). The molecule has 1 aromatic heterocycles. The second kappa shape index (κ2) is 6.66. The summed E-state index contributed by atoms with van der Waals surface area (Å²) in [5.41, 5.74) is -0.958. The van der Waals surface area contributed by atoms with Gasteiger partial charge in [0.2, 0.25) is 5.91 Å². The number of rotatable bonds is 6. The van der Waals surface area contributed by atoms with E-state index in [1.54, 1.807) is 25.1 Å². The molecule has 3 aliphatic rings. The summed E-state index contributed by atoms with van der Waals surface area (Å²) in [5, 5.41) is 2.87. The average Bonchev–Trinajstić information content (AvgIpc) is 3.03. The molecule has 0 radical (unpaired) electrons. The lowest BCUT2D eigenvalue weighted by molar-refractivity contribution is -0.163. The maximum atomic E-state index is 12.6. The molecule has 2 saturated heterocycles. The molecule has 0 spiro atoms. The molecule has 1 aliphatic carbocycles. The molecule has 1 aromatic carbocycles. The summed E-state index contributed by atoms with van der Waals surface area (Å²) in [4.78, 5) is 41.3. The molecule has 0 unspecified atom stereocenters. The van der Waals surface area contributed by atoms with Gasteiger partial charge in [-0.25, -0.2) is 4.98 Å². The van der Waals surface area contributed by atoms with Crippen LogP contribution in [0.15, 0.2) is 35.3 Å². The van der Waals surface area contributed by atoms with E-state index >= 15 is 0 Å². The molecule has 3 heterocycles.